The number of hydrogen-bond acceptors (Lipinski definition) is 2. The number of nitrogens with zero attached hydrogens (tertiary/aromatic N) is 2. The summed E-state index contributed by atoms with van der Waals surface area (Å²) in [5.74, 6) is 0. The zero-order chi connectivity index (χ0) is 19.7. The molecule has 2 aromatic heterocycles. The maximum absolute atomic E-state index is 3.72. The maximum atomic E-state index is 3.72. The highest BCUT2D eigenvalue weighted by Gasteiger charge is 2.33. The molecular weight excluding hydrogens is 356 g/mol. The Labute approximate surface area is 171 Å². The van der Waals surface area contributed by atoms with Crippen molar-refractivity contribution in [2.45, 2.75) is 45.9 Å². The zero-order valence-electron chi connectivity index (χ0n) is 17.5. The summed E-state index contributed by atoms with van der Waals surface area (Å²) in [6.07, 6.45) is 2.66. The first-order chi connectivity index (χ1) is 14.1. The van der Waals surface area contributed by atoms with Crippen LogP contribution in [-0.2, 0) is 25.9 Å². The van der Waals surface area contributed by atoms with Crippen molar-refractivity contribution in [3.63, 3.8) is 0 Å². The first-order valence-electron chi connectivity index (χ1n) is 10.7. The minimum absolute atomic E-state index is 0.448. The molecule has 0 unspecified atom stereocenters. The molecule has 4 nitrogen and oxygen atoms in total. The second-order valence-electron chi connectivity index (χ2n) is 9.08. The maximum Gasteiger partial charge on any atom is 0.0669 e. The molecular formula is C25H28N4. The van der Waals surface area contributed by atoms with E-state index in [9.17, 15) is 0 Å². The summed E-state index contributed by atoms with van der Waals surface area (Å²) in [4.78, 5) is 12.6. The van der Waals surface area contributed by atoms with Crippen LogP contribution in [0.1, 0.15) is 33.6 Å². The van der Waals surface area contributed by atoms with Crippen molar-refractivity contribution < 1.29 is 0 Å². The Morgan fingerprint density at radius 2 is 1.45 bits per heavy atom. The highest BCUT2D eigenvalue weighted by atomic mass is 15.4. The smallest absolute Gasteiger partial charge is 0.0669 e. The van der Waals surface area contributed by atoms with Gasteiger partial charge in [-0.05, 0) is 61.7 Å². The van der Waals surface area contributed by atoms with E-state index in [1.807, 2.05) is 0 Å². The van der Waals surface area contributed by atoms with Gasteiger partial charge in [-0.15, -0.1) is 0 Å². The van der Waals surface area contributed by atoms with Gasteiger partial charge in [0.2, 0.25) is 0 Å². The Morgan fingerprint density at radius 3 is 2.14 bits per heavy atom. The van der Waals surface area contributed by atoms with Gasteiger partial charge in [0.15, 0.2) is 0 Å². The topological polar surface area (TPSA) is 38.1 Å². The van der Waals surface area contributed by atoms with Crippen LogP contribution in [-0.4, -0.2) is 39.5 Å². The molecule has 29 heavy (non-hydrogen) atoms. The van der Waals surface area contributed by atoms with Gasteiger partial charge in [-0.1, -0.05) is 24.3 Å². The van der Waals surface area contributed by atoms with Crippen LogP contribution in [0, 0.1) is 13.8 Å². The average Bonchev–Trinajstić information content (AvgIpc) is 3.22. The van der Waals surface area contributed by atoms with Crippen LogP contribution in [0.5, 0.6) is 0 Å². The average molecular weight is 385 g/mol. The number of aromatic nitrogens is 2. The fourth-order valence-electron chi connectivity index (χ4n) is 5.53. The molecule has 0 fully saturated rings. The number of nitrogens with one attached hydrogen (secondary N) is 2. The third-order valence-electron chi connectivity index (χ3n) is 7.03. The highest BCUT2D eigenvalue weighted by molar-refractivity contribution is 5.86. The molecule has 0 amide bonds. The lowest BCUT2D eigenvalue weighted by atomic mass is 9.97. The van der Waals surface area contributed by atoms with E-state index in [0.29, 0.717) is 6.17 Å². The molecule has 4 heteroatoms. The summed E-state index contributed by atoms with van der Waals surface area (Å²) in [5, 5.41) is 2.82. The minimum Gasteiger partial charge on any atom is -0.357 e. The Morgan fingerprint density at radius 1 is 0.828 bits per heavy atom. The van der Waals surface area contributed by atoms with Crippen LogP contribution < -0.4 is 0 Å². The normalized spacial score (nSPS) is 20.3. The number of fused-ring (bicyclic) bond motifs is 6. The first-order valence-corrected chi connectivity index (χ1v) is 10.7. The molecule has 0 bridgehead atoms. The van der Waals surface area contributed by atoms with Crippen molar-refractivity contribution in [2.75, 3.05) is 13.6 Å². The number of likely N-dealkylation sites (N-methyl/N-ethyl adjacent to an activating group) is 1. The molecule has 4 aromatic rings. The molecule has 0 saturated heterocycles. The summed E-state index contributed by atoms with van der Waals surface area (Å²) >= 11 is 0. The van der Waals surface area contributed by atoms with Crippen molar-refractivity contribution in [2.24, 2.45) is 0 Å². The number of H-pyrrole nitrogens is 2. The van der Waals surface area contributed by atoms with E-state index in [1.165, 1.54) is 55.4 Å². The Bertz CT molecular complexity index is 1240. The molecule has 2 aliphatic rings. The van der Waals surface area contributed by atoms with Crippen molar-refractivity contribution in [3.8, 4) is 0 Å². The SMILES string of the molecule is Cc1ccc2c3c([nH]c2c1)CN([C@H]1Cc2c([nH]c4cc(C)ccc24)CN1C)CC3. The van der Waals surface area contributed by atoms with Crippen LogP contribution in [0.4, 0.5) is 0 Å². The predicted molar refractivity (Wildman–Crippen MR) is 119 cm³/mol. The van der Waals surface area contributed by atoms with Crippen molar-refractivity contribution in [1.29, 1.82) is 0 Å². The standard InChI is InChI=1S/C25H28N4/c1-15-4-6-17-19-8-9-29(14-24(19)27-21(17)10-15)25-12-20-18-7-5-16(2)11-22(18)26-23(20)13-28(25)3/h4-7,10-11,25-27H,8-9,12-14H2,1-3H3/t25-/m0/s1. The van der Waals surface area contributed by atoms with Gasteiger partial charge in [-0.3, -0.25) is 9.80 Å². The van der Waals surface area contributed by atoms with Gasteiger partial charge < -0.3 is 9.97 Å². The van der Waals surface area contributed by atoms with Crippen LogP contribution in [0.15, 0.2) is 36.4 Å². The largest absolute Gasteiger partial charge is 0.357 e. The Balaban J connectivity index is 1.33. The van der Waals surface area contributed by atoms with Gasteiger partial charge in [-0.2, -0.15) is 0 Å². The van der Waals surface area contributed by atoms with Gasteiger partial charge in [0.05, 0.1) is 6.17 Å². The molecule has 0 aliphatic carbocycles. The summed E-state index contributed by atoms with van der Waals surface area (Å²) in [5.41, 5.74) is 11.1. The van der Waals surface area contributed by atoms with Gasteiger partial charge in [0.25, 0.3) is 0 Å². The lowest BCUT2D eigenvalue weighted by Crippen LogP contribution is -2.51. The van der Waals surface area contributed by atoms with Crippen LogP contribution >= 0.6 is 0 Å². The highest BCUT2D eigenvalue weighted by Crippen LogP contribution is 2.34. The third-order valence-corrected chi connectivity index (χ3v) is 7.03. The van der Waals surface area contributed by atoms with Crippen molar-refractivity contribution in [3.05, 3.63) is 70.0 Å². The van der Waals surface area contributed by atoms with E-state index in [-0.39, 0.29) is 0 Å². The summed E-state index contributed by atoms with van der Waals surface area (Å²) in [6, 6.07) is 13.6. The third kappa shape index (κ3) is 2.66. The lowest BCUT2D eigenvalue weighted by Gasteiger charge is -2.42. The Hall–Kier alpha value is -2.56. The van der Waals surface area contributed by atoms with Gasteiger partial charge in [0, 0.05) is 59.2 Å². The van der Waals surface area contributed by atoms with Crippen molar-refractivity contribution in [1.82, 2.24) is 19.8 Å². The van der Waals surface area contributed by atoms with E-state index in [4.69, 9.17) is 0 Å². The quantitative estimate of drug-likeness (QED) is 0.502. The fraction of sp³-hybridized carbons (Fsp3) is 0.360. The van der Waals surface area contributed by atoms with E-state index < -0.39 is 0 Å². The van der Waals surface area contributed by atoms with Crippen LogP contribution in [0.25, 0.3) is 21.8 Å². The second-order valence-corrected chi connectivity index (χ2v) is 9.08. The Kier molecular flexibility index (Phi) is 3.71. The predicted octanol–water partition coefficient (Wildman–Crippen LogP) is 4.64. The molecule has 0 radical (unpaired) electrons. The summed E-state index contributed by atoms with van der Waals surface area (Å²) in [7, 11) is 2.27. The molecule has 1 atom stereocenters. The van der Waals surface area contributed by atoms with Crippen LogP contribution in [0.3, 0.4) is 0 Å². The van der Waals surface area contributed by atoms with Gasteiger partial charge >= 0.3 is 0 Å². The molecule has 2 aromatic carbocycles. The summed E-state index contributed by atoms with van der Waals surface area (Å²) in [6.45, 7) is 7.46. The number of rotatable bonds is 1. The van der Waals surface area contributed by atoms with Gasteiger partial charge in [0.1, 0.15) is 0 Å². The number of aromatic amines is 2. The molecule has 4 heterocycles. The van der Waals surface area contributed by atoms with E-state index in [1.54, 1.807) is 0 Å². The fourth-order valence-corrected chi connectivity index (χ4v) is 5.53. The minimum atomic E-state index is 0.448. The van der Waals surface area contributed by atoms with E-state index in [2.05, 4.69) is 77.1 Å². The van der Waals surface area contributed by atoms with Crippen LogP contribution in [0.2, 0.25) is 0 Å². The molecule has 6 rings (SSSR count). The monoisotopic (exact) mass is 384 g/mol. The first kappa shape index (κ1) is 17.3. The van der Waals surface area contributed by atoms with Crippen molar-refractivity contribution >= 4 is 21.8 Å². The van der Waals surface area contributed by atoms with E-state index in [0.717, 1.165) is 32.5 Å². The van der Waals surface area contributed by atoms with E-state index >= 15 is 0 Å². The number of benzene rings is 2. The number of hydrogen-bond donors (Lipinski definition) is 2. The lowest BCUT2D eigenvalue weighted by molar-refractivity contribution is 0.0357. The molecule has 148 valence electrons. The second kappa shape index (κ2) is 6.22. The molecule has 2 aliphatic heterocycles. The molecule has 0 spiro atoms. The zero-order valence-corrected chi connectivity index (χ0v) is 17.5. The van der Waals surface area contributed by atoms with Gasteiger partial charge in [-0.25, -0.2) is 0 Å². The number of aryl methyl sites for hydroxylation is 2. The summed E-state index contributed by atoms with van der Waals surface area (Å²) < 4.78 is 0. The molecule has 0 saturated carbocycles. The molecule has 2 N–H and O–H groups in total.